The molecule has 0 radical (unpaired) electrons. The molecule has 0 aliphatic carbocycles. The summed E-state index contributed by atoms with van der Waals surface area (Å²) in [6.07, 6.45) is 6.86. The van der Waals surface area contributed by atoms with E-state index in [1.54, 1.807) is 12.5 Å². The van der Waals surface area contributed by atoms with Crippen LogP contribution in [0.3, 0.4) is 0 Å². The van der Waals surface area contributed by atoms with Gasteiger partial charge in [-0.05, 0) is 47.4 Å². The Kier molecular flexibility index (Phi) is 6.95. The highest BCUT2D eigenvalue weighted by Crippen LogP contribution is 2.32. The standard InChI is InChI=1S/C28H27ClN2O3/c29-25-10-6-22(7-11-25)14-15-28(20-31-17-16-30-21-31)33-19-27(34-28)18-32-26-12-8-24(9-13-26)23-4-2-1-3-5-23/h1-13,16-17,21,27H,14-15,18-20H2/t27-,28-/m1/s1. The van der Waals surface area contributed by atoms with Crippen molar-refractivity contribution >= 4 is 11.6 Å². The zero-order valence-electron chi connectivity index (χ0n) is 18.8. The largest absolute Gasteiger partial charge is 0.491 e. The molecule has 34 heavy (non-hydrogen) atoms. The summed E-state index contributed by atoms with van der Waals surface area (Å²) in [5.41, 5.74) is 3.54. The lowest BCUT2D eigenvalue weighted by atomic mass is 10.0. The molecular formula is C28H27ClN2O3. The van der Waals surface area contributed by atoms with Crippen molar-refractivity contribution in [3.05, 3.63) is 108 Å². The van der Waals surface area contributed by atoms with E-state index in [1.807, 2.05) is 65.4 Å². The highest BCUT2D eigenvalue weighted by atomic mass is 35.5. The van der Waals surface area contributed by atoms with Crippen LogP contribution in [0.25, 0.3) is 11.1 Å². The van der Waals surface area contributed by atoms with Crippen molar-refractivity contribution < 1.29 is 14.2 Å². The monoisotopic (exact) mass is 474 g/mol. The third-order valence-corrected chi connectivity index (χ3v) is 6.25. The van der Waals surface area contributed by atoms with Crippen molar-refractivity contribution in [1.29, 1.82) is 0 Å². The van der Waals surface area contributed by atoms with Crippen LogP contribution in [0.1, 0.15) is 12.0 Å². The van der Waals surface area contributed by atoms with E-state index in [2.05, 4.69) is 29.2 Å². The lowest BCUT2D eigenvalue weighted by Crippen LogP contribution is -2.37. The number of imidazole rings is 1. The summed E-state index contributed by atoms with van der Waals surface area (Å²) in [6, 6.07) is 26.4. The molecule has 2 heterocycles. The number of rotatable bonds is 9. The average Bonchev–Trinajstić information content (AvgIpc) is 3.54. The molecule has 174 valence electrons. The number of hydrogen-bond acceptors (Lipinski definition) is 4. The zero-order valence-corrected chi connectivity index (χ0v) is 19.6. The quantitative estimate of drug-likeness (QED) is 0.297. The van der Waals surface area contributed by atoms with Crippen molar-refractivity contribution in [3.8, 4) is 16.9 Å². The molecular weight excluding hydrogens is 448 g/mol. The van der Waals surface area contributed by atoms with Crippen molar-refractivity contribution in [2.24, 2.45) is 0 Å². The maximum atomic E-state index is 6.46. The molecule has 0 amide bonds. The molecule has 0 spiro atoms. The van der Waals surface area contributed by atoms with Crippen molar-refractivity contribution in [2.45, 2.75) is 31.3 Å². The molecule has 1 aliphatic rings. The summed E-state index contributed by atoms with van der Waals surface area (Å²) >= 11 is 6.03. The topological polar surface area (TPSA) is 45.5 Å². The number of hydrogen-bond donors (Lipinski definition) is 0. The van der Waals surface area contributed by atoms with Gasteiger partial charge in [0, 0.05) is 23.8 Å². The van der Waals surface area contributed by atoms with Gasteiger partial charge in [-0.2, -0.15) is 0 Å². The third kappa shape index (κ3) is 5.68. The molecule has 0 unspecified atom stereocenters. The van der Waals surface area contributed by atoms with Crippen LogP contribution < -0.4 is 4.74 Å². The summed E-state index contributed by atoms with van der Waals surface area (Å²) in [7, 11) is 0. The molecule has 1 aliphatic heterocycles. The fourth-order valence-electron chi connectivity index (χ4n) is 4.20. The summed E-state index contributed by atoms with van der Waals surface area (Å²) < 4.78 is 20.8. The van der Waals surface area contributed by atoms with Crippen LogP contribution >= 0.6 is 11.6 Å². The van der Waals surface area contributed by atoms with Gasteiger partial charge >= 0.3 is 0 Å². The Labute approximate surface area is 204 Å². The number of nitrogens with zero attached hydrogens (tertiary/aromatic N) is 2. The van der Waals surface area contributed by atoms with Crippen LogP contribution in [0.15, 0.2) is 97.6 Å². The molecule has 2 atom stereocenters. The smallest absolute Gasteiger partial charge is 0.187 e. The molecule has 0 bridgehead atoms. The molecule has 5 rings (SSSR count). The Morgan fingerprint density at radius 3 is 2.47 bits per heavy atom. The van der Waals surface area contributed by atoms with E-state index in [0.29, 0.717) is 19.8 Å². The number of aromatic nitrogens is 2. The molecule has 1 aromatic heterocycles. The lowest BCUT2D eigenvalue weighted by molar-refractivity contribution is -0.184. The molecule has 1 fully saturated rings. The highest BCUT2D eigenvalue weighted by molar-refractivity contribution is 6.30. The van der Waals surface area contributed by atoms with Crippen LogP contribution in [0.4, 0.5) is 0 Å². The number of halogens is 1. The van der Waals surface area contributed by atoms with Crippen molar-refractivity contribution in [3.63, 3.8) is 0 Å². The van der Waals surface area contributed by atoms with Gasteiger partial charge in [-0.15, -0.1) is 0 Å². The maximum absolute atomic E-state index is 6.46. The summed E-state index contributed by atoms with van der Waals surface area (Å²) in [5, 5.41) is 0.735. The number of ether oxygens (including phenoxy) is 3. The van der Waals surface area contributed by atoms with Crippen LogP contribution in [0, 0.1) is 0 Å². The molecule has 5 nitrogen and oxygen atoms in total. The summed E-state index contributed by atoms with van der Waals surface area (Å²) in [4.78, 5) is 4.16. The minimum Gasteiger partial charge on any atom is -0.491 e. The van der Waals surface area contributed by atoms with Gasteiger partial charge in [0.15, 0.2) is 5.79 Å². The first-order chi connectivity index (χ1) is 16.7. The fourth-order valence-corrected chi connectivity index (χ4v) is 4.33. The molecule has 1 saturated heterocycles. The molecule has 0 N–H and O–H groups in total. The second kappa shape index (κ2) is 10.4. The Balaban J connectivity index is 1.21. The Bertz CT molecular complexity index is 1160. The van der Waals surface area contributed by atoms with E-state index in [0.717, 1.165) is 29.2 Å². The predicted molar refractivity (Wildman–Crippen MR) is 133 cm³/mol. The minimum atomic E-state index is -0.731. The normalized spacial score (nSPS) is 19.9. The Morgan fingerprint density at radius 1 is 0.971 bits per heavy atom. The molecule has 4 aromatic rings. The molecule has 0 saturated carbocycles. The van der Waals surface area contributed by atoms with E-state index >= 15 is 0 Å². The van der Waals surface area contributed by atoms with Crippen LogP contribution in [0.2, 0.25) is 5.02 Å². The summed E-state index contributed by atoms with van der Waals surface area (Å²) in [6.45, 7) is 1.48. The van der Waals surface area contributed by atoms with Gasteiger partial charge in [0.05, 0.1) is 19.5 Å². The number of benzene rings is 3. The van der Waals surface area contributed by atoms with Gasteiger partial charge in [-0.25, -0.2) is 4.98 Å². The van der Waals surface area contributed by atoms with Gasteiger partial charge in [0.2, 0.25) is 0 Å². The third-order valence-electron chi connectivity index (χ3n) is 6.00. The van der Waals surface area contributed by atoms with Crippen LogP contribution in [-0.2, 0) is 22.4 Å². The van der Waals surface area contributed by atoms with Gasteiger partial charge in [0.25, 0.3) is 0 Å². The van der Waals surface area contributed by atoms with Gasteiger partial charge in [-0.3, -0.25) is 0 Å². The zero-order chi connectivity index (χ0) is 23.2. The van der Waals surface area contributed by atoms with Gasteiger partial charge in [0.1, 0.15) is 18.5 Å². The number of aryl methyl sites for hydroxylation is 1. The van der Waals surface area contributed by atoms with E-state index in [9.17, 15) is 0 Å². The first kappa shape index (κ1) is 22.7. The van der Waals surface area contributed by atoms with E-state index in [-0.39, 0.29) is 6.10 Å². The van der Waals surface area contributed by atoms with Crippen molar-refractivity contribution in [2.75, 3.05) is 13.2 Å². The van der Waals surface area contributed by atoms with Crippen LogP contribution in [-0.4, -0.2) is 34.7 Å². The van der Waals surface area contributed by atoms with Gasteiger partial charge in [-0.1, -0.05) is 66.2 Å². The summed E-state index contributed by atoms with van der Waals surface area (Å²) in [5.74, 6) is 0.0856. The Hall–Kier alpha value is -3.12. The minimum absolute atomic E-state index is 0.150. The van der Waals surface area contributed by atoms with Crippen LogP contribution in [0.5, 0.6) is 5.75 Å². The fraction of sp³-hybridized carbons (Fsp3) is 0.250. The molecule has 6 heteroatoms. The highest BCUT2D eigenvalue weighted by Gasteiger charge is 2.42. The lowest BCUT2D eigenvalue weighted by Gasteiger charge is -2.28. The van der Waals surface area contributed by atoms with E-state index < -0.39 is 5.79 Å². The molecule has 3 aromatic carbocycles. The van der Waals surface area contributed by atoms with E-state index in [4.69, 9.17) is 25.8 Å². The van der Waals surface area contributed by atoms with E-state index in [1.165, 1.54) is 11.1 Å². The van der Waals surface area contributed by atoms with Crippen molar-refractivity contribution in [1.82, 2.24) is 9.55 Å². The predicted octanol–water partition coefficient (Wildman–Crippen LogP) is 6.03. The first-order valence-electron chi connectivity index (χ1n) is 11.5. The average molecular weight is 475 g/mol. The van der Waals surface area contributed by atoms with Gasteiger partial charge < -0.3 is 18.8 Å². The first-order valence-corrected chi connectivity index (χ1v) is 11.9. The maximum Gasteiger partial charge on any atom is 0.187 e. The second-order valence-corrected chi connectivity index (χ2v) is 8.96. The second-order valence-electron chi connectivity index (χ2n) is 8.52. The SMILES string of the molecule is Clc1ccc(CC[C@@]2(Cn3ccnc3)OC[C@@H](COc3ccc(-c4ccccc4)cc3)O2)cc1. The Morgan fingerprint density at radius 2 is 1.74 bits per heavy atom.